The molecule has 1 amide bonds. The third-order valence-electron chi connectivity index (χ3n) is 3.39. The van der Waals surface area contributed by atoms with Crippen molar-refractivity contribution in [3.05, 3.63) is 87.0 Å². The van der Waals surface area contributed by atoms with Gasteiger partial charge in [0.1, 0.15) is 0 Å². The lowest BCUT2D eigenvalue weighted by atomic mass is 10.2. The Morgan fingerprint density at radius 2 is 1.96 bits per heavy atom. The minimum absolute atomic E-state index is 0.161. The normalized spacial score (nSPS) is 10.9. The summed E-state index contributed by atoms with van der Waals surface area (Å²) in [5.41, 5.74) is 0.779. The first kappa shape index (κ1) is 17.2. The van der Waals surface area contributed by atoms with Crippen LogP contribution in [0.2, 0.25) is 5.02 Å². The summed E-state index contributed by atoms with van der Waals surface area (Å²) in [6, 6.07) is 14.1. The number of ketones is 1. The van der Waals surface area contributed by atoms with Gasteiger partial charge in [-0.1, -0.05) is 29.8 Å². The number of hydrogen-bond donors (Lipinski definition) is 1. The quantitative estimate of drug-likeness (QED) is 0.510. The minimum atomic E-state index is -0.229. The highest BCUT2D eigenvalue weighted by Crippen LogP contribution is 2.20. The average Bonchev–Trinajstić information content (AvgIpc) is 3.30. The molecule has 25 heavy (non-hydrogen) atoms. The van der Waals surface area contributed by atoms with Crippen LogP contribution in [0.25, 0.3) is 6.08 Å². The molecule has 0 saturated carbocycles. The Hall–Kier alpha value is -2.63. The van der Waals surface area contributed by atoms with E-state index in [9.17, 15) is 9.59 Å². The monoisotopic (exact) mass is 371 g/mol. The number of rotatable bonds is 6. The van der Waals surface area contributed by atoms with Crippen LogP contribution in [0.4, 0.5) is 0 Å². The zero-order valence-corrected chi connectivity index (χ0v) is 14.6. The number of benzene rings is 1. The number of carbonyl (C=O) groups is 2. The van der Waals surface area contributed by atoms with E-state index in [1.54, 1.807) is 30.3 Å². The highest BCUT2D eigenvalue weighted by Gasteiger charge is 2.14. The number of amides is 1. The number of hydrogen-bond acceptors (Lipinski definition) is 4. The van der Waals surface area contributed by atoms with Gasteiger partial charge in [-0.15, -0.1) is 11.3 Å². The van der Waals surface area contributed by atoms with E-state index in [0.717, 1.165) is 10.4 Å². The molecule has 0 radical (unpaired) electrons. The average molecular weight is 372 g/mol. The van der Waals surface area contributed by atoms with Crippen LogP contribution in [0.3, 0.4) is 0 Å². The zero-order chi connectivity index (χ0) is 17.6. The molecule has 0 spiro atoms. The number of carbonyl (C=O) groups excluding carboxylic acids is 2. The standard InChI is InChI=1S/C19H14ClNO3S/c20-15-5-2-1-4-13(15)7-10-18(22)21-12-14-8-9-17(25-14)19(23)16-6-3-11-24-16/h1-11H,12H2,(H,21,22)/b10-7+. The van der Waals surface area contributed by atoms with Crippen molar-refractivity contribution in [3.63, 3.8) is 0 Å². The summed E-state index contributed by atoms with van der Waals surface area (Å²) in [5.74, 6) is -0.0847. The Kier molecular flexibility index (Phi) is 5.48. The first-order valence-corrected chi connectivity index (χ1v) is 8.70. The molecule has 2 heterocycles. The lowest BCUT2D eigenvalue weighted by Crippen LogP contribution is -2.19. The van der Waals surface area contributed by atoms with Crippen LogP contribution in [0.15, 0.2) is 65.3 Å². The highest BCUT2D eigenvalue weighted by molar-refractivity contribution is 7.14. The summed E-state index contributed by atoms with van der Waals surface area (Å²) in [5, 5.41) is 3.37. The molecule has 0 saturated heterocycles. The van der Waals surface area contributed by atoms with Crippen molar-refractivity contribution >= 4 is 40.7 Å². The molecular formula is C19H14ClNO3S. The lowest BCUT2D eigenvalue weighted by molar-refractivity contribution is -0.116. The van der Waals surface area contributed by atoms with Crippen LogP contribution < -0.4 is 5.32 Å². The maximum Gasteiger partial charge on any atom is 0.244 e. The number of thiophene rings is 1. The van der Waals surface area contributed by atoms with Gasteiger partial charge in [0.2, 0.25) is 11.7 Å². The summed E-state index contributed by atoms with van der Waals surface area (Å²) < 4.78 is 5.11. The fourth-order valence-electron chi connectivity index (χ4n) is 2.13. The van der Waals surface area contributed by atoms with Gasteiger partial charge in [-0.25, -0.2) is 0 Å². The van der Waals surface area contributed by atoms with Gasteiger partial charge < -0.3 is 9.73 Å². The van der Waals surface area contributed by atoms with Crippen LogP contribution >= 0.6 is 22.9 Å². The Bertz CT molecular complexity index is 912. The van der Waals surface area contributed by atoms with Crippen molar-refractivity contribution in [3.8, 4) is 0 Å². The van der Waals surface area contributed by atoms with Gasteiger partial charge in [0.05, 0.1) is 17.7 Å². The Morgan fingerprint density at radius 1 is 1.12 bits per heavy atom. The topological polar surface area (TPSA) is 59.3 Å². The molecule has 4 nitrogen and oxygen atoms in total. The summed E-state index contributed by atoms with van der Waals surface area (Å²) in [6.45, 7) is 0.349. The van der Waals surface area contributed by atoms with Crippen molar-refractivity contribution in [2.75, 3.05) is 0 Å². The van der Waals surface area contributed by atoms with Gasteiger partial charge in [-0.2, -0.15) is 0 Å². The summed E-state index contributed by atoms with van der Waals surface area (Å²) in [6.07, 6.45) is 4.56. The van der Waals surface area contributed by atoms with E-state index < -0.39 is 0 Å². The maximum atomic E-state index is 12.2. The number of halogens is 1. The van der Waals surface area contributed by atoms with Crippen molar-refractivity contribution in [1.29, 1.82) is 0 Å². The molecule has 1 N–H and O–H groups in total. The SMILES string of the molecule is O=C(/C=C/c1ccccc1Cl)NCc1ccc(C(=O)c2ccco2)s1. The predicted octanol–water partition coefficient (Wildman–Crippen LogP) is 4.56. The van der Waals surface area contributed by atoms with E-state index >= 15 is 0 Å². The number of nitrogens with one attached hydrogen (secondary N) is 1. The first-order chi connectivity index (χ1) is 12.1. The molecule has 1 aromatic carbocycles. The van der Waals surface area contributed by atoms with Crippen molar-refractivity contribution < 1.29 is 14.0 Å². The van der Waals surface area contributed by atoms with E-state index in [1.165, 1.54) is 23.7 Å². The lowest BCUT2D eigenvalue weighted by Gasteiger charge is -2.00. The molecule has 3 aromatic rings. The van der Waals surface area contributed by atoms with Crippen LogP contribution in [-0.4, -0.2) is 11.7 Å². The third-order valence-corrected chi connectivity index (χ3v) is 4.81. The van der Waals surface area contributed by atoms with E-state index in [2.05, 4.69) is 5.32 Å². The smallest absolute Gasteiger partial charge is 0.244 e. The second-order valence-corrected chi connectivity index (χ2v) is 6.72. The van der Waals surface area contributed by atoms with Gasteiger partial charge in [0, 0.05) is 16.0 Å². The maximum absolute atomic E-state index is 12.2. The fourth-order valence-corrected chi connectivity index (χ4v) is 3.22. The van der Waals surface area contributed by atoms with Crippen LogP contribution in [0, 0.1) is 0 Å². The summed E-state index contributed by atoms with van der Waals surface area (Å²) in [7, 11) is 0. The Morgan fingerprint density at radius 3 is 2.72 bits per heavy atom. The molecule has 0 fully saturated rings. The van der Waals surface area contributed by atoms with Gasteiger partial charge in [0.25, 0.3) is 0 Å². The molecule has 0 atom stereocenters. The summed E-state index contributed by atoms with van der Waals surface area (Å²) >= 11 is 7.36. The van der Waals surface area contributed by atoms with E-state index in [-0.39, 0.29) is 11.7 Å². The molecular weight excluding hydrogens is 358 g/mol. The van der Waals surface area contributed by atoms with Crippen LogP contribution in [0.1, 0.15) is 25.9 Å². The van der Waals surface area contributed by atoms with E-state index in [1.807, 2.05) is 24.3 Å². The number of furan rings is 1. The van der Waals surface area contributed by atoms with Gasteiger partial charge in [-0.3, -0.25) is 9.59 Å². The van der Waals surface area contributed by atoms with Crippen molar-refractivity contribution in [1.82, 2.24) is 5.32 Å². The van der Waals surface area contributed by atoms with Gasteiger partial charge in [0.15, 0.2) is 5.76 Å². The molecule has 3 rings (SSSR count). The summed E-state index contributed by atoms with van der Waals surface area (Å²) in [4.78, 5) is 25.5. The van der Waals surface area contributed by atoms with Crippen LogP contribution in [0.5, 0.6) is 0 Å². The largest absolute Gasteiger partial charge is 0.461 e. The van der Waals surface area contributed by atoms with E-state index in [0.29, 0.717) is 22.2 Å². The van der Waals surface area contributed by atoms with Crippen molar-refractivity contribution in [2.45, 2.75) is 6.54 Å². The molecule has 0 aliphatic carbocycles. The molecule has 0 bridgehead atoms. The molecule has 126 valence electrons. The minimum Gasteiger partial charge on any atom is -0.461 e. The highest BCUT2D eigenvalue weighted by atomic mass is 35.5. The first-order valence-electron chi connectivity index (χ1n) is 7.51. The van der Waals surface area contributed by atoms with Gasteiger partial charge in [-0.05, 0) is 42.0 Å². The predicted molar refractivity (Wildman–Crippen MR) is 98.8 cm³/mol. The molecule has 0 aliphatic rings. The second kappa shape index (κ2) is 7.96. The second-order valence-electron chi connectivity index (χ2n) is 5.15. The molecule has 0 unspecified atom stereocenters. The van der Waals surface area contributed by atoms with Gasteiger partial charge >= 0.3 is 0 Å². The molecule has 2 aromatic heterocycles. The van der Waals surface area contributed by atoms with E-state index in [4.69, 9.17) is 16.0 Å². The zero-order valence-electron chi connectivity index (χ0n) is 13.1. The molecule has 0 aliphatic heterocycles. The van der Waals surface area contributed by atoms with Crippen molar-refractivity contribution in [2.24, 2.45) is 0 Å². The fraction of sp³-hybridized carbons (Fsp3) is 0.0526. The Labute approximate surface area is 153 Å². The Balaban J connectivity index is 1.56. The van der Waals surface area contributed by atoms with Crippen LogP contribution in [-0.2, 0) is 11.3 Å². The molecule has 6 heteroatoms. The third kappa shape index (κ3) is 4.47.